The number of carbonyl (C=O) groups is 2. The van der Waals surface area contributed by atoms with Crippen LogP contribution in [0.25, 0.3) is 0 Å². The molecule has 2 rings (SSSR count). The van der Waals surface area contributed by atoms with Gasteiger partial charge in [-0.25, -0.2) is 5.43 Å². The maximum atomic E-state index is 12.0. The standard InChI is InChI=1S/C16H15BrN4O2/c17-11-14(10-15(22)19-13-4-2-1-3-5-13)20-21-16(23)12-6-8-18-9-7-12/h1-9H,10-11H2,(H,19,22)(H,21,23)/b20-14-. The summed E-state index contributed by atoms with van der Waals surface area (Å²) >= 11 is 3.26. The van der Waals surface area contributed by atoms with E-state index in [-0.39, 0.29) is 18.2 Å². The normalized spacial score (nSPS) is 10.9. The van der Waals surface area contributed by atoms with Gasteiger partial charge in [-0.2, -0.15) is 5.10 Å². The molecule has 0 aliphatic rings. The number of nitrogens with one attached hydrogen (secondary N) is 2. The van der Waals surface area contributed by atoms with E-state index in [4.69, 9.17) is 0 Å². The number of pyridine rings is 1. The Morgan fingerprint density at radius 1 is 1.09 bits per heavy atom. The van der Waals surface area contributed by atoms with Gasteiger partial charge in [0.05, 0.1) is 12.1 Å². The van der Waals surface area contributed by atoms with Gasteiger partial charge in [0.1, 0.15) is 0 Å². The molecule has 118 valence electrons. The van der Waals surface area contributed by atoms with Crippen molar-refractivity contribution in [2.24, 2.45) is 5.10 Å². The molecular weight excluding hydrogens is 360 g/mol. The van der Waals surface area contributed by atoms with Crippen LogP contribution < -0.4 is 10.7 Å². The van der Waals surface area contributed by atoms with E-state index in [1.165, 1.54) is 12.4 Å². The number of carbonyl (C=O) groups excluding carboxylic acids is 2. The molecule has 0 radical (unpaired) electrons. The van der Waals surface area contributed by atoms with Crippen molar-refractivity contribution in [2.45, 2.75) is 6.42 Å². The molecule has 0 saturated carbocycles. The van der Waals surface area contributed by atoms with Crippen LogP contribution in [0.1, 0.15) is 16.8 Å². The van der Waals surface area contributed by atoms with E-state index in [1.54, 1.807) is 24.3 Å². The van der Waals surface area contributed by atoms with Gasteiger partial charge in [-0.1, -0.05) is 34.1 Å². The van der Waals surface area contributed by atoms with E-state index >= 15 is 0 Å². The molecule has 6 nitrogen and oxygen atoms in total. The number of hydrogen-bond acceptors (Lipinski definition) is 4. The molecule has 0 fully saturated rings. The number of hydrogen-bond donors (Lipinski definition) is 2. The quantitative estimate of drug-likeness (QED) is 0.463. The van der Waals surface area contributed by atoms with Crippen LogP contribution in [0.2, 0.25) is 0 Å². The summed E-state index contributed by atoms with van der Waals surface area (Å²) in [6.45, 7) is 0. The first-order chi connectivity index (χ1) is 11.2. The Hall–Kier alpha value is -2.54. The van der Waals surface area contributed by atoms with Crippen LogP contribution in [-0.2, 0) is 4.79 Å². The van der Waals surface area contributed by atoms with Gasteiger partial charge in [-0.15, -0.1) is 0 Å². The highest BCUT2D eigenvalue weighted by molar-refractivity contribution is 9.09. The maximum absolute atomic E-state index is 12.0. The third kappa shape index (κ3) is 5.63. The molecule has 2 amide bonds. The van der Waals surface area contributed by atoms with Crippen LogP contribution in [0.4, 0.5) is 5.69 Å². The van der Waals surface area contributed by atoms with E-state index < -0.39 is 0 Å². The summed E-state index contributed by atoms with van der Waals surface area (Å²) in [7, 11) is 0. The number of anilines is 1. The fourth-order valence-electron chi connectivity index (χ4n) is 1.73. The molecule has 7 heteroatoms. The third-order valence-corrected chi connectivity index (χ3v) is 3.48. The Bertz CT molecular complexity index is 690. The van der Waals surface area contributed by atoms with Crippen LogP contribution in [-0.4, -0.2) is 27.8 Å². The Morgan fingerprint density at radius 2 is 1.78 bits per heavy atom. The number of halogens is 1. The summed E-state index contributed by atoms with van der Waals surface area (Å²) in [5.74, 6) is -0.554. The van der Waals surface area contributed by atoms with Crippen LogP contribution >= 0.6 is 15.9 Å². The second kappa shape index (κ2) is 8.79. The number of para-hydroxylation sites is 1. The van der Waals surface area contributed by atoms with Crippen LogP contribution in [0, 0.1) is 0 Å². The molecule has 2 N–H and O–H groups in total. The van der Waals surface area contributed by atoms with Gasteiger partial charge < -0.3 is 5.32 Å². The lowest BCUT2D eigenvalue weighted by Gasteiger charge is -2.06. The first-order valence-electron chi connectivity index (χ1n) is 6.85. The number of nitrogens with zero attached hydrogens (tertiary/aromatic N) is 2. The average Bonchev–Trinajstić information content (AvgIpc) is 2.60. The van der Waals surface area contributed by atoms with Gasteiger partial charge >= 0.3 is 0 Å². The zero-order valence-corrected chi connectivity index (χ0v) is 13.8. The Kier molecular flexibility index (Phi) is 6.43. The van der Waals surface area contributed by atoms with Gasteiger partial charge in [0.25, 0.3) is 5.91 Å². The minimum absolute atomic E-state index is 0.0801. The third-order valence-electron chi connectivity index (χ3n) is 2.83. The predicted molar refractivity (Wildman–Crippen MR) is 92.6 cm³/mol. The van der Waals surface area contributed by atoms with E-state index in [0.29, 0.717) is 22.3 Å². The summed E-state index contributed by atoms with van der Waals surface area (Å²) in [6.07, 6.45) is 3.13. The van der Waals surface area contributed by atoms with Crippen LogP contribution in [0.5, 0.6) is 0 Å². The lowest BCUT2D eigenvalue weighted by molar-refractivity contribution is -0.115. The first-order valence-corrected chi connectivity index (χ1v) is 7.98. The summed E-state index contributed by atoms with van der Waals surface area (Å²) < 4.78 is 0. The molecule has 1 aromatic heterocycles. The zero-order valence-electron chi connectivity index (χ0n) is 12.2. The van der Waals surface area contributed by atoms with Crippen LogP contribution in [0.15, 0.2) is 60.0 Å². The van der Waals surface area contributed by atoms with Gasteiger partial charge in [-0.05, 0) is 24.3 Å². The van der Waals surface area contributed by atoms with Crippen molar-refractivity contribution >= 4 is 39.1 Å². The monoisotopic (exact) mass is 374 g/mol. The Morgan fingerprint density at radius 3 is 2.43 bits per heavy atom. The fourth-order valence-corrected chi connectivity index (χ4v) is 2.05. The molecule has 0 atom stereocenters. The highest BCUT2D eigenvalue weighted by atomic mass is 79.9. The number of aromatic nitrogens is 1. The van der Waals surface area contributed by atoms with Gasteiger partial charge in [0.2, 0.25) is 5.91 Å². The second-order valence-electron chi connectivity index (χ2n) is 4.58. The number of amides is 2. The molecule has 0 aliphatic carbocycles. The summed E-state index contributed by atoms with van der Waals surface area (Å²) in [4.78, 5) is 27.7. The molecular formula is C16H15BrN4O2. The lowest BCUT2D eigenvalue weighted by Crippen LogP contribution is -2.23. The Balaban J connectivity index is 1.91. The molecule has 1 heterocycles. The second-order valence-corrected chi connectivity index (χ2v) is 5.14. The van der Waals surface area contributed by atoms with E-state index in [1.807, 2.05) is 18.2 Å². The molecule has 0 bridgehead atoms. The van der Waals surface area contributed by atoms with Crippen molar-refractivity contribution in [2.75, 3.05) is 10.6 Å². The van der Waals surface area contributed by atoms with Crippen molar-refractivity contribution < 1.29 is 9.59 Å². The lowest BCUT2D eigenvalue weighted by atomic mass is 10.2. The minimum Gasteiger partial charge on any atom is -0.326 e. The molecule has 0 saturated heterocycles. The summed E-state index contributed by atoms with van der Waals surface area (Å²) in [5, 5.41) is 7.13. The number of benzene rings is 1. The van der Waals surface area contributed by atoms with Crippen molar-refractivity contribution in [1.29, 1.82) is 0 Å². The van der Waals surface area contributed by atoms with E-state index in [9.17, 15) is 9.59 Å². The smallest absolute Gasteiger partial charge is 0.271 e. The fraction of sp³-hybridized carbons (Fsp3) is 0.125. The first kappa shape index (κ1) is 16.8. The average molecular weight is 375 g/mol. The highest BCUT2D eigenvalue weighted by Crippen LogP contribution is 2.06. The number of alkyl halides is 1. The minimum atomic E-state index is -0.352. The summed E-state index contributed by atoms with van der Waals surface area (Å²) in [6, 6.07) is 12.3. The maximum Gasteiger partial charge on any atom is 0.271 e. The van der Waals surface area contributed by atoms with Gasteiger partial charge in [-0.3, -0.25) is 14.6 Å². The van der Waals surface area contributed by atoms with E-state index in [2.05, 4.69) is 36.8 Å². The molecule has 0 spiro atoms. The van der Waals surface area contributed by atoms with Gasteiger partial charge in [0, 0.05) is 29.0 Å². The number of rotatable bonds is 6. The van der Waals surface area contributed by atoms with Gasteiger partial charge in [0.15, 0.2) is 0 Å². The largest absolute Gasteiger partial charge is 0.326 e. The molecule has 1 aromatic carbocycles. The molecule has 2 aromatic rings. The molecule has 0 aliphatic heterocycles. The molecule has 0 unspecified atom stereocenters. The topological polar surface area (TPSA) is 83.5 Å². The van der Waals surface area contributed by atoms with Crippen molar-refractivity contribution in [1.82, 2.24) is 10.4 Å². The van der Waals surface area contributed by atoms with Crippen molar-refractivity contribution in [3.05, 3.63) is 60.4 Å². The zero-order chi connectivity index (χ0) is 16.5. The predicted octanol–water partition coefficient (Wildman–Crippen LogP) is 2.59. The summed E-state index contributed by atoms with van der Waals surface area (Å²) in [5.41, 5.74) is 4.11. The highest BCUT2D eigenvalue weighted by Gasteiger charge is 2.09. The van der Waals surface area contributed by atoms with E-state index in [0.717, 1.165) is 0 Å². The van der Waals surface area contributed by atoms with Crippen molar-refractivity contribution in [3.8, 4) is 0 Å². The number of hydrazone groups is 1. The molecule has 23 heavy (non-hydrogen) atoms. The van der Waals surface area contributed by atoms with Crippen LogP contribution in [0.3, 0.4) is 0 Å². The van der Waals surface area contributed by atoms with Crippen molar-refractivity contribution in [3.63, 3.8) is 0 Å². The Labute approximate surface area is 142 Å². The SMILES string of the molecule is O=C(C/C(CBr)=N/NC(=O)c1ccncc1)Nc1ccccc1.